The van der Waals surface area contributed by atoms with E-state index in [4.69, 9.17) is 4.74 Å². The zero-order valence-electron chi connectivity index (χ0n) is 8.00. The Labute approximate surface area is 90.6 Å². The molecular formula is C10H10BrNO2. The molecule has 1 unspecified atom stereocenters. The number of carbonyl (C=O) groups excluding carboxylic acids is 1. The summed E-state index contributed by atoms with van der Waals surface area (Å²) in [6.07, 6.45) is 0. The second-order valence-electron chi connectivity index (χ2n) is 3.48. The van der Waals surface area contributed by atoms with Crippen LogP contribution in [0, 0.1) is 0 Å². The van der Waals surface area contributed by atoms with E-state index < -0.39 is 0 Å². The molecule has 0 N–H and O–H groups in total. The Balaban J connectivity index is 2.58. The van der Waals surface area contributed by atoms with Crippen molar-refractivity contribution in [3.8, 4) is 5.75 Å². The number of Topliss-reactive ketones (excluding diaryl/α,β-unsaturated/α-hetero) is 1. The molecule has 0 saturated carbocycles. The zero-order valence-corrected chi connectivity index (χ0v) is 9.59. The Bertz CT molecular complexity index is 403. The molecule has 0 saturated heterocycles. The third-order valence-corrected chi connectivity index (χ3v) is 2.87. The zero-order chi connectivity index (χ0) is 10.3. The van der Waals surface area contributed by atoms with Crippen LogP contribution in [0.2, 0.25) is 0 Å². The Morgan fingerprint density at radius 1 is 1.71 bits per heavy atom. The fraction of sp³-hybridized carbons (Fsp3) is 0.400. The molecule has 1 aromatic rings. The van der Waals surface area contributed by atoms with Gasteiger partial charge in [0.2, 0.25) is 0 Å². The van der Waals surface area contributed by atoms with E-state index in [0.29, 0.717) is 22.8 Å². The van der Waals surface area contributed by atoms with E-state index in [1.807, 2.05) is 6.07 Å². The number of ketones is 1. The highest BCUT2D eigenvalue weighted by molar-refractivity contribution is 9.10. The maximum atomic E-state index is 11.2. The van der Waals surface area contributed by atoms with E-state index in [2.05, 4.69) is 27.8 Å². The van der Waals surface area contributed by atoms with Gasteiger partial charge in [-0.15, -0.1) is 0 Å². The van der Waals surface area contributed by atoms with E-state index >= 15 is 0 Å². The highest BCUT2D eigenvalue weighted by atomic mass is 79.9. The van der Waals surface area contributed by atoms with E-state index in [9.17, 15) is 4.79 Å². The number of rotatable bonds is 1. The van der Waals surface area contributed by atoms with Gasteiger partial charge in [-0.1, -0.05) is 6.92 Å². The number of aromatic nitrogens is 1. The maximum Gasteiger partial charge on any atom is 0.178 e. The normalized spacial score (nSPS) is 18.9. The topological polar surface area (TPSA) is 39.2 Å². The lowest BCUT2D eigenvalue weighted by Crippen LogP contribution is -1.99. The molecule has 0 spiro atoms. The van der Waals surface area contributed by atoms with Crippen LogP contribution in [0.1, 0.15) is 35.8 Å². The van der Waals surface area contributed by atoms with Crippen LogP contribution in [0.25, 0.3) is 0 Å². The molecule has 14 heavy (non-hydrogen) atoms. The molecule has 0 amide bonds. The molecule has 2 rings (SSSR count). The van der Waals surface area contributed by atoms with Crippen LogP contribution in [0.4, 0.5) is 0 Å². The lowest BCUT2D eigenvalue weighted by Gasteiger charge is -2.04. The molecule has 74 valence electrons. The predicted molar refractivity (Wildman–Crippen MR) is 55.9 cm³/mol. The first-order valence-corrected chi connectivity index (χ1v) is 5.23. The van der Waals surface area contributed by atoms with Gasteiger partial charge in [0.15, 0.2) is 11.5 Å². The number of carbonyl (C=O) groups is 1. The summed E-state index contributed by atoms with van der Waals surface area (Å²) in [5, 5.41) is 0. The van der Waals surface area contributed by atoms with Crippen molar-refractivity contribution in [1.82, 2.24) is 4.98 Å². The minimum atomic E-state index is -0.0207. The highest BCUT2D eigenvalue weighted by Crippen LogP contribution is 2.38. The van der Waals surface area contributed by atoms with Crippen molar-refractivity contribution in [2.45, 2.75) is 19.8 Å². The highest BCUT2D eigenvalue weighted by Gasteiger charge is 2.24. The molecule has 1 aromatic heterocycles. The quantitative estimate of drug-likeness (QED) is 0.572. The predicted octanol–water partition coefficient (Wildman–Crippen LogP) is 2.54. The van der Waals surface area contributed by atoms with Crippen LogP contribution in [0.15, 0.2) is 10.7 Å². The first kappa shape index (κ1) is 9.65. The SMILES string of the molecule is CC(=O)c1cc2c(c(Br)n1)OCC2C. The lowest BCUT2D eigenvalue weighted by molar-refractivity contribution is 0.101. The number of hydrogen-bond donors (Lipinski definition) is 0. The smallest absolute Gasteiger partial charge is 0.178 e. The lowest BCUT2D eigenvalue weighted by atomic mass is 10.0. The monoisotopic (exact) mass is 255 g/mol. The molecule has 2 heterocycles. The average Bonchev–Trinajstić information content (AvgIpc) is 2.48. The number of nitrogens with zero attached hydrogens (tertiary/aromatic N) is 1. The van der Waals surface area contributed by atoms with Gasteiger partial charge in [-0.2, -0.15) is 0 Å². The van der Waals surface area contributed by atoms with Crippen LogP contribution in [0.5, 0.6) is 5.75 Å². The van der Waals surface area contributed by atoms with Gasteiger partial charge in [-0.3, -0.25) is 4.79 Å². The summed E-state index contributed by atoms with van der Waals surface area (Å²) in [6.45, 7) is 4.25. The van der Waals surface area contributed by atoms with Crippen molar-refractivity contribution < 1.29 is 9.53 Å². The molecule has 3 nitrogen and oxygen atoms in total. The van der Waals surface area contributed by atoms with Crippen molar-refractivity contribution in [2.75, 3.05) is 6.61 Å². The van der Waals surface area contributed by atoms with Crippen molar-refractivity contribution in [2.24, 2.45) is 0 Å². The molecule has 4 heteroatoms. The molecular weight excluding hydrogens is 246 g/mol. The third kappa shape index (κ3) is 1.43. The largest absolute Gasteiger partial charge is 0.490 e. The van der Waals surface area contributed by atoms with Gasteiger partial charge in [-0.05, 0) is 22.0 Å². The van der Waals surface area contributed by atoms with Gasteiger partial charge in [0.25, 0.3) is 0 Å². The number of pyridine rings is 1. The summed E-state index contributed by atoms with van der Waals surface area (Å²) < 4.78 is 6.08. The molecule has 1 atom stereocenters. The number of halogens is 1. The fourth-order valence-electron chi connectivity index (χ4n) is 1.51. The van der Waals surface area contributed by atoms with Crippen molar-refractivity contribution in [3.63, 3.8) is 0 Å². The second-order valence-corrected chi connectivity index (χ2v) is 4.24. The van der Waals surface area contributed by atoms with Gasteiger partial charge in [0.1, 0.15) is 10.3 Å². The number of fused-ring (bicyclic) bond motifs is 1. The molecule has 0 fully saturated rings. The van der Waals surface area contributed by atoms with Gasteiger partial charge in [0.05, 0.1) is 6.61 Å². The van der Waals surface area contributed by atoms with Gasteiger partial charge in [0, 0.05) is 18.4 Å². The summed E-state index contributed by atoms with van der Waals surface area (Å²) in [5.74, 6) is 1.09. The molecule has 1 aliphatic heterocycles. The minimum absolute atomic E-state index is 0.0207. The van der Waals surface area contributed by atoms with Gasteiger partial charge >= 0.3 is 0 Å². The Kier molecular flexibility index (Phi) is 2.31. The van der Waals surface area contributed by atoms with Crippen LogP contribution in [-0.4, -0.2) is 17.4 Å². The standard InChI is InChI=1S/C10H10BrNO2/c1-5-4-14-9-7(5)3-8(6(2)13)12-10(9)11/h3,5H,4H2,1-2H3. The summed E-state index contributed by atoms with van der Waals surface area (Å²) in [5.41, 5.74) is 1.56. The third-order valence-electron chi connectivity index (χ3n) is 2.33. The summed E-state index contributed by atoms with van der Waals surface area (Å²) in [4.78, 5) is 15.3. The maximum absolute atomic E-state index is 11.2. The molecule has 1 aliphatic rings. The van der Waals surface area contributed by atoms with Crippen LogP contribution in [-0.2, 0) is 0 Å². The number of hydrogen-bond acceptors (Lipinski definition) is 3. The molecule has 0 radical (unpaired) electrons. The van der Waals surface area contributed by atoms with Crippen molar-refractivity contribution in [1.29, 1.82) is 0 Å². The second kappa shape index (κ2) is 3.35. The van der Waals surface area contributed by atoms with Crippen LogP contribution in [0.3, 0.4) is 0 Å². The molecule has 0 aromatic carbocycles. The minimum Gasteiger partial charge on any atom is -0.490 e. The van der Waals surface area contributed by atoms with E-state index in [1.165, 1.54) is 6.92 Å². The van der Waals surface area contributed by atoms with Crippen molar-refractivity contribution in [3.05, 3.63) is 21.9 Å². The van der Waals surface area contributed by atoms with E-state index in [-0.39, 0.29) is 5.78 Å². The Morgan fingerprint density at radius 3 is 3.07 bits per heavy atom. The van der Waals surface area contributed by atoms with Gasteiger partial charge < -0.3 is 4.74 Å². The first-order chi connectivity index (χ1) is 6.59. The van der Waals surface area contributed by atoms with Crippen molar-refractivity contribution >= 4 is 21.7 Å². The Hall–Kier alpha value is -0.900. The van der Waals surface area contributed by atoms with Gasteiger partial charge in [-0.25, -0.2) is 4.98 Å². The first-order valence-electron chi connectivity index (χ1n) is 4.43. The number of ether oxygens (including phenoxy) is 1. The fourth-order valence-corrected chi connectivity index (χ4v) is 2.04. The Morgan fingerprint density at radius 2 is 2.43 bits per heavy atom. The summed E-state index contributed by atoms with van der Waals surface area (Å²) in [7, 11) is 0. The van der Waals surface area contributed by atoms with Crippen LogP contribution < -0.4 is 4.74 Å². The summed E-state index contributed by atoms with van der Waals surface area (Å²) >= 11 is 3.31. The molecule has 0 bridgehead atoms. The van der Waals surface area contributed by atoms with E-state index in [1.54, 1.807) is 0 Å². The molecule has 0 aliphatic carbocycles. The average molecular weight is 256 g/mol. The summed E-state index contributed by atoms with van der Waals surface area (Å²) in [6, 6.07) is 1.82. The van der Waals surface area contributed by atoms with Crippen LogP contribution >= 0.6 is 15.9 Å². The van der Waals surface area contributed by atoms with E-state index in [0.717, 1.165) is 11.3 Å².